The van der Waals surface area contributed by atoms with Gasteiger partial charge in [-0.05, 0) is 12.1 Å². The van der Waals surface area contributed by atoms with Crippen LogP contribution < -0.4 is 10.1 Å². The zero-order valence-electron chi connectivity index (χ0n) is 9.35. The molecule has 5 heteroatoms. The Hall–Kier alpha value is -0.480. The van der Waals surface area contributed by atoms with Crippen LogP contribution in [0.4, 0.5) is 0 Å². The van der Waals surface area contributed by atoms with E-state index in [-0.39, 0.29) is 0 Å². The normalized spacial score (nSPS) is 10.5. The molecule has 3 nitrogen and oxygen atoms in total. The average molecular weight is 264 g/mol. The van der Waals surface area contributed by atoms with Gasteiger partial charge in [0.15, 0.2) is 0 Å². The van der Waals surface area contributed by atoms with Crippen molar-refractivity contribution in [1.82, 2.24) is 5.32 Å². The lowest BCUT2D eigenvalue weighted by Crippen LogP contribution is -2.19. The van der Waals surface area contributed by atoms with Gasteiger partial charge in [-0.3, -0.25) is 0 Å². The van der Waals surface area contributed by atoms with Crippen LogP contribution in [0, 0.1) is 0 Å². The van der Waals surface area contributed by atoms with Gasteiger partial charge < -0.3 is 14.8 Å². The van der Waals surface area contributed by atoms with Crippen molar-refractivity contribution in [2.45, 2.75) is 6.54 Å². The van der Waals surface area contributed by atoms with Crippen LogP contribution in [0.2, 0.25) is 10.0 Å². The summed E-state index contributed by atoms with van der Waals surface area (Å²) >= 11 is 11.9. The summed E-state index contributed by atoms with van der Waals surface area (Å²) < 4.78 is 10.2. The molecule has 0 bridgehead atoms. The van der Waals surface area contributed by atoms with Crippen molar-refractivity contribution in [1.29, 1.82) is 0 Å². The second kappa shape index (κ2) is 6.97. The smallest absolute Gasteiger partial charge is 0.142 e. The van der Waals surface area contributed by atoms with Gasteiger partial charge in [-0.2, -0.15) is 0 Å². The monoisotopic (exact) mass is 263 g/mol. The number of hydrogen-bond donors (Lipinski definition) is 1. The van der Waals surface area contributed by atoms with E-state index in [9.17, 15) is 0 Å². The Morgan fingerprint density at radius 3 is 2.62 bits per heavy atom. The minimum Gasteiger partial charge on any atom is -0.495 e. The molecular weight excluding hydrogens is 249 g/mol. The third-order valence-corrected chi connectivity index (χ3v) is 2.59. The minimum atomic E-state index is 0.526. The molecule has 1 aromatic rings. The maximum atomic E-state index is 6.01. The molecule has 0 aliphatic carbocycles. The van der Waals surface area contributed by atoms with Crippen molar-refractivity contribution in [3.63, 3.8) is 0 Å². The fourth-order valence-electron chi connectivity index (χ4n) is 1.37. The summed E-state index contributed by atoms with van der Waals surface area (Å²) in [5.41, 5.74) is 0.941. The van der Waals surface area contributed by atoms with Crippen molar-refractivity contribution < 1.29 is 9.47 Å². The van der Waals surface area contributed by atoms with Gasteiger partial charge in [0.25, 0.3) is 0 Å². The number of halogens is 2. The van der Waals surface area contributed by atoms with E-state index in [1.54, 1.807) is 20.3 Å². The van der Waals surface area contributed by atoms with E-state index in [0.29, 0.717) is 28.9 Å². The summed E-state index contributed by atoms with van der Waals surface area (Å²) in [7, 11) is 3.26. The van der Waals surface area contributed by atoms with Crippen LogP contribution in [0.3, 0.4) is 0 Å². The summed E-state index contributed by atoms with van der Waals surface area (Å²) in [4.78, 5) is 0. The van der Waals surface area contributed by atoms with Crippen LogP contribution in [0.1, 0.15) is 5.56 Å². The summed E-state index contributed by atoms with van der Waals surface area (Å²) in [6.45, 7) is 2.08. The van der Waals surface area contributed by atoms with E-state index in [1.807, 2.05) is 6.07 Å². The molecule has 1 rings (SSSR count). The van der Waals surface area contributed by atoms with E-state index in [0.717, 1.165) is 12.1 Å². The number of rotatable bonds is 6. The highest BCUT2D eigenvalue weighted by atomic mass is 35.5. The summed E-state index contributed by atoms with van der Waals surface area (Å²) in [6, 6.07) is 3.51. The molecule has 90 valence electrons. The van der Waals surface area contributed by atoms with Gasteiger partial charge in [0.05, 0.1) is 18.7 Å². The van der Waals surface area contributed by atoms with Crippen LogP contribution in [0.25, 0.3) is 0 Å². The standard InChI is InChI=1S/C11H15Cl2NO2/c1-15-4-3-14-7-8-5-9(12)6-10(13)11(8)16-2/h5-6,14H,3-4,7H2,1-2H3. The molecule has 0 saturated carbocycles. The zero-order valence-corrected chi connectivity index (χ0v) is 10.9. The third-order valence-electron chi connectivity index (χ3n) is 2.09. The number of hydrogen-bond acceptors (Lipinski definition) is 3. The molecule has 16 heavy (non-hydrogen) atoms. The first kappa shape index (κ1) is 13.6. The quantitative estimate of drug-likeness (QED) is 0.801. The number of benzene rings is 1. The maximum Gasteiger partial charge on any atom is 0.142 e. The zero-order chi connectivity index (χ0) is 12.0. The molecule has 0 saturated heterocycles. The number of methoxy groups -OCH3 is 2. The maximum absolute atomic E-state index is 6.01. The predicted octanol–water partition coefficient (Wildman–Crippen LogP) is 2.74. The van der Waals surface area contributed by atoms with Crippen molar-refractivity contribution in [3.05, 3.63) is 27.7 Å². The topological polar surface area (TPSA) is 30.5 Å². The Balaban J connectivity index is 2.69. The fourth-order valence-corrected chi connectivity index (χ4v) is 1.98. The highest BCUT2D eigenvalue weighted by molar-refractivity contribution is 6.35. The van der Waals surface area contributed by atoms with Gasteiger partial charge in [-0.25, -0.2) is 0 Å². The average Bonchev–Trinajstić information content (AvgIpc) is 2.24. The van der Waals surface area contributed by atoms with Crippen LogP contribution in [-0.2, 0) is 11.3 Å². The first-order valence-electron chi connectivity index (χ1n) is 4.90. The molecule has 0 aliphatic rings. The van der Waals surface area contributed by atoms with Gasteiger partial charge in [0.1, 0.15) is 5.75 Å². The lowest BCUT2D eigenvalue weighted by atomic mass is 10.2. The molecule has 0 spiro atoms. The molecule has 0 radical (unpaired) electrons. The van der Waals surface area contributed by atoms with E-state index in [2.05, 4.69) is 5.32 Å². The van der Waals surface area contributed by atoms with Crippen LogP contribution in [0.15, 0.2) is 12.1 Å². The number of ether oxygens (including phenoxy) is 2. The molecule has 0 unspecified atom stereocenters. The minimum absolute atomic E-state index is 0.526. The van der Waals surface area contributed by atoms with Gasteiger partial charge in [-0.1, -0.05) is 23.2 Å². The Kier molecular flexibility index (Phi) is 5.91. The second-order valence-corrected chi connectivity index (χ2v) is 4.09. The van der Waals surface area contributed by atoms with E-state index in [1.165, 1.54) is 0 Å². The van der Waals surface area contributed by atoms with Crippen molar-refractivity contribution in [3.8, 4) is 5.75 Å². The van der Waals surface area contributed by atoms with Crippen molar-refractivity contribution in [2.75, 3.05) is 27.4 Å². The van der Waals surface area contributed by atoms with Crippen LogP contribution in [-0.4, -0.2) is 27.4 Å². The molecule has 0 aliphatic heterocycles. The van der Waals surface area contributed by atoms with Gasteiger partial charge in [-0.15, -0.1) is 0 Å². The Labute approximate surface area is 106 Å². The molecule has 0 amide bonds. The fraction of sp³-hybridized carbons (Fsp3) is 0.455. The highest BCUT2D eigenvalue weighted by Gasteiger charge is 2.09. The third kappa shape index (κ3) is 3.83. The van der Waals surface area contributed by atoms with Gasteiger partial charge >= 0.3 is 0 Å². The Bertz CT molecular complexity index is 345. The first-order valence-corrected chi connectivity index (χ1v) is 5.66. The summed E-state index contributed by atoms with van der Waals surface area (Å²) in [5, 5.41) is 4.34. The first-order chi connectivity index (χ1) is 7.69. The molecule has 0 aromatic heterocycles. The van der Waals surface area contributed by atoms with Crippen LogP contribution in [0.5, 0.6) is 5.75 Å². The SMILES string of the molecule is COCCNCc1cc(Cl)cc(Cl)c1OC. The van der Waals surface area contributed by atoms with E-state index < -0.39 is 0 Å². The summed E-state index contributed by atoms with van der Waals surface area (Å²) in [6.07, 6.45) is 0. The highest BCUT2D eigenvalue weighted by Crippen LogP contribution is 2.31. The van der Waals surface area contributed by atoms with Crippen molar-refractivity contribution >= 4 is 23.2 Å². The molecule has 0 fully saturated rings. The second-order valence-electron chi connectivity index (χ2n) is 3.25. The van der Waals surface area contributed by atoms with E-state index in [4.69, 9.17) is 32.7 Å². The van der Waals surface area contributed by atoms with E-state index >= 15 is 0 Å². The molecule has 1 N–H and O–H groups in total. The predicted molar refractivity (Wildman–Crippen MR) is 66.6 cm³/mol. The molecular formula is C11H15Cl2NO2. The van der Waals surface area contributed by atoms with Gasteiger partial charge in [0, 0.05) is 30.8 Å². The molecule has 1 aromatic carbocycles. The number of nitrogens with one attached hydrogen (secondary N) is 1. The molecule has 0 atom stereocenters. The Morgan fingerprint density at radius 1 is 1.25 bits per heavy atom. The lowest BCUT2D eigenvalue weighted by Gasteiger charge is -2.11. The largest absolute Gasteiger partial charge is 0.495 e. The van der Waals surface area contributed by atoms with Gasteiger partial charge in [0.2, 0.25) is 0 Å². The molecule has 0 heterocycles. The van der Waals surface area contributed by atoms with Crippen molar-refractivity contribution in [2.24, 2.45) is 0 Å². The van der Waals surface area contributed by atoms with Crippen LogP contribution >= 0.6 is 23.2 Å². The summed E-state index contributed by atoms with van der Waals surface area (Å²) in [5.74, 6) is 0.663. The Morgan fingerprint density at radius 2 is 2.00 bits per heavy atom. The lowest BCUT2D eigenvalue weighted by molar-refractivity contribution is 0.199.